The maximum Gasteiger partial charge on any atom is 0.300 e. The Hall–Kier alpha value is -3.73. The van der Waals surface area contributed by atoms with E-state index in [4.69, 9.17) is 0 Å². The molecule has 0 aliphatic carbocycles. The molecule has 3 aromatic rings. The number of Topliss-reactive ketones (excluding diaryl/α,β-unsaturated/α-hetero) is 1. The summed E-state index contributed by atoms with van der Waals surface area (Å²) in [5.74, 6) is -1.24. The Morgan fingerprint density at radius 3 is 2.28 bits per heavy atom. The lowest BCUT2D eigenvalue weighted by molar-refractivity contribution is -0.132. The molecule has 162 valence electrons. The molecule has 2 aromatic carbocycles. The van der Waals surface area contributed by atoms with Crippen molar-refractivity contribution in [3.63, 3.8) is 0 Å². The molecule has 1 atom stereocenters. The van der Waals surface area contributed by atoms with Gasteiger partial charge in [-0.15, -0.1) is 0 Å². The number of anilines is 1. The van der Waals surface area contributed by atoms with Crippen LogP contribution in [0.5, 0.6) is 0 Å². The van der Waals surface area contributed by atoms with E-state index < -0.39 is 17.7 Å². The summed E-state index contributed by atoms with van der Waals surface area (Å²) in [4.78, 5) is 32.2. The van der Waals surface area contributed by atoms with Crippen molar-refractivity contribution in [3.05, 3.63) is 100 Å². The summed E-state index contributed by atoms with van der Waals surface area (Å²) in [5.41, 5.74) is 4.86. The van der Waals surface area contributed by atoms with Gasteiger partial charge in [-0.1, -0.05) is 44.2 Å². The van der Waals surface area contributed by atoms with Crippen molar-refractivity contribution >= 4 is 23.1 Å². The smallest absolute Gasteiger partial charge is 0.300 e. The lowest BCUT2D eigenvalue weighted by Gasteiger charge is -2.25. The number of aromatic nitrogens is 1. The molecule has 2 heterocycles. The number of rotatable bonds is 4. The molecule has 1 amide bonds. The van der Waals surface area contributed by atoms with Crippen LogP contribution < -0.4 is 4.90 Å². The average Bonchev–Trinajstić information content (AvgIpc) is 3.06. The standard InChI is InChI=1S/C27H26N2O3/c1-16(2)19-10-12-21(13-11-19)29-24(22-7-5-6-14-28-22)23(26(31)27(29)32)25(30)20-9-8-17(3)18(4)15-20/h5-16,24,30H,1-4H3/b25-23-. The number of aliphatic hydroxyl groups is 1. The third-order valence-corrected chi connectivity index (χ3v) is 6.03. The monoisotopic (exact) mass is 426 g/mol. The van der Waals surface area contributed by atoms with Crippen molar-refractivity contribution in [1.82, 2.24) is 4.98 Å². The zero-order valence-corrected chi connectivity index (χ0v) is 18.7. The second kappa shape index (κ2) is 8.42. The van der Waals surface area contributed by atoms with E-state index in [2.05, 4.69) is 18.8 Å². The van der Waals surface area contributed by atoms with Crippen LogP contribution in [0.1, 0.15) is 53.8 Å². The van der Waals surface area contributed by atoms with Crippen molar-refractivity contribution < 1.29 is 14.7 Å². The van der Waals surface area contributed by atoms with Crippen LogP contribution in [-0.4, -0.2) is 21.8 Å². The lowest BCUT2D eigenvalue weighted by Crippen LogP contribution is -2.29. The van der Waals surface area contributed by atoms with Crippen LogP contribution in [0.4, 0.5) is 5.69 Å². The maximum absolute atomic E-state index is 13.2. The Balaban J connectivity index is 1.90. The summed E-state index contributed by atoms with van der Waals surface area (Å²) in [7, 11) is 0. The van der Waals surface area contributed by atoms with E-state index in [1.54, 1.807) is 30.5 Å². The van der Waals surface area contributed by atoms with Gasteiger partial charge in [0.05, 0.1) is 11.3 Å². The number of nitrogens with zero attached hydrogens (tertiary/aromatic N) is 2. The number of ketones is 1. The first-order valence-electron chi connectivity index (χ1n) is 10.7. The van der Waals surface area contributed by atoms with Crippen molar-refractivity contribution in [2.75, 3.05) is 4.90 Å². The first-order valence-corrected chi connectivity index (χ1v) is 10.7. The van der Waals surface area contributed by atoms with Crippen LogP contribution in [0.2, 0.25) is 0 Å². The van der Waals surface area contributed by atoms with Gasteiger partial charge in [0.1, 0.15) is 11.8 Å². The van der Waals surface area contributed by atoms with Gasteiger partial charge in [-0.25, -0.2) is 0 Å². The molecule has 5 nitrogen and oxygen atoms in total. The average molecular weight is 427 g/mol. The molecule has 1 aromatic heterocycles. The normalized spacial score (nSPS) is 17.9. The van der Waals surface area contributed by atoms with Crippen molar-refractivity contribution in [2.45, 2.75) is 39.7 Å². The summed E-state index contributed by atoms with van der Waals surface area (Å²) in [6, 6.07) is 17.6. The summed E-state index contributed by atoms with van der Waals surface area (Å²) in [5, 5.41) is 11.2. The van der Waals surface area contributed by atoms with E-state index in [-0.39, 0.29) is 11.3 Å². The molecule has 5 heteroatoms. The fourth-order valence-corrected chi connectivity index (χ4v) is 3.98. The number of hydrogen-bond donors (Lipinski definition) is 1. The molecule has 1 N–H and O–H groups in total. The third-order valence-electron chi connectivity index (χ3n) is 6.03. The highest BCUT2D eigenvalue weighted by Crippen LogP contribution is 2.41. The van der Waals surface area contributed by atoms with Crippen molar-refractivity contribution in [1.29, 1.82) is 0 Å². The zero-order valence-electron chi connectivity index (χ0n) is 18.7. The quantitative estimate of drug-likeness (QED) is 0.342. The Labute approximate surface area is 188 Å². The van der Waals surface area contributed by atoms with Gasteiger partial charge >= 0.3 is 0 Å². The van der Waals surface area contributed by atoms with E-state index >= 15 is 0 Å². The molecule has 4 rings (SSSR count). The maximum atomic E-state index is 13.2. The van der Waals surface area contributed by atoms with E-state index in [0.717, 1.165) is 16.7 Å². The predicted octanol–water partition coefficient (Wildman–Crippen LogP) is 5.45. The second-order valence-corrected chi connectivity index (χ2v) is 8.47. The molecular weight excluding hydrogens is 400 g/mol. The topological polar surface area (TPSA) is 70.5 Å². The summed E-state index contributed by atoms with van der Waals surface area (Å²) >= 11 is 0. The molecule has 0 spiro atoms. The molecule has 0 radical (unpaired) electrons. The van der Waals surface area contributed by atoms with Gasteiger partial charge in [0, 0.05) is 17.4 Å². The summed E-state index contributed by atoms with van der Waals surface area (Å²) in [6.07, 6.45) is 1.62. The number of aryl methyl sites for hydroxylation is 2. The van der Waals surface area contributed by atoms with Crippen molar-refractivity contribution in [2.24, 2.45) is 0 Å². The lowest BCUT2D eigenvalue weighted by atomic mass is 9.96. The van der Waals surface area contributed by atoms with Gasteiger partial charge in [-0.3, -0.25) is 19.5 Å². The molecule has 1 unspecified atom stereocenters. The third kappa shape index (κ3) is 3.71. The van der Waals surface area contributed by atoms with Crippen LogP contribution in [0.25, 0.3) is 5.76 Å². The van der Waals surface area contributed by atoms with E-state index in [9.17, 15) is 14.7 Å². The van der Waals surface area contributed by atoms with Crippen LogP contribution in [0.3, 0.4) is 0 Å². The zero-order chi connectivity index (χ0) is 23.0. The molecule has 0 bridgehead atoms. The van der Waals surface area contributed by atoms with E-state index in [1.165, 1.54) is 4.90 Å². The minimum atomic E-state index is -0.817. The number of benzene rings is 2. The number of pyridine rings is 1. The van der Waals surface area contributed by atoms with Gasteiger partial charge in [-0.05, 0) is 66.8 Å². The van der Waals surface area contributed by atoms with E-state index in [1.807, 2.05) is 50.2 Å². The highest BCUT2D eigenvalue weighted by atomic mass is 16.3. The largest absolute Gasteiger partial charge is 0.507 e. The molecule has 1 aliphatic heterocycles. The highest BCUT2D eigenvalue weighted by Gasteiger charge is 2.47. The number of amides is 1. The Morgan fingerprint density at radius 2 is 1.69 bits per heavy atom. The molecule has 1 saturated heterocycles. The summed E-state index contributed by atoms with van der Waals surface area (Å²) in [6.45, 7) is 8.11. The first kappa shape index (κ1) is 21.5. The van der Waals surface area contributed by atoms with E-state index in [0.29, 0.717) is 22.9 Å². The van der Waals surface area contributed by atoms with Gasteiger partial charge in [0.2, 0.25) is 0 Å². The number of aliphatic hydroxyl groups excluding tert-OH is 1. The van der Waals surface area contributed by atoms with Crippen LogP contribution >= 0.6 is 0 Å². The van der Waals surface area contributed by atoms with Gasteiger partial charge < -0.3 is 5.11 Å². The predicted molar refractivity (Wildman–Crippen MR) is 125 cm³/mol. The van der Waals surface area contributed by atoms with Crippen molar-refractivity contribution in [3.8, 4) is 0 Å². The highest BCUT2D eigenvalue weighted by molar-refractivity contribution is 6.51. The minimum Gasteiger partial charge on any atom is -0.507 e. The Bertz CT molecular complexity index is 1210. The van der Waals surface area contributed by atoms with Gasteiger partial charge in [0.15, 0.2) is 0 Å². The SMILES string of the molecule is Cc1ccc(/C(O)=C2/C(=O)C(=O)N(c3ccc(C(C)C)cc3)C2c2ccccn2)cc1C. The van der Waals surface area contributed by atoms with Gasteiger partial charge in [-0.2, -0.15) is 0 Å². The molecular formula is C27H26N2O3. The minimum absolute atomic E-state index is 0.0462. The molecule has 32 heavy (non-hydrogen) atoms. The Kier molecular flexibility index (Phi) is 5.66. The summed E-state index contributed by atoms with van der Waals surface area (Å²) < 4.78 is 0. The first-order chi connectivity index (χ1) is 15.3. The van der Waals surface area contributed by atoms with Crippen LogP contribution in [0.15, 0.2) is 72.4 Å². The number of carbonyl (C=O) groups excluding carboxylic acids is 2. The number of carbonyl (C=O) groups is 2. The van der Waals surface area contributed by atoms with Crippen LogP contribution in [0, 0.1) is 13.8 Å². The number of hydrogen-bond acceptors (Lipinski definition) is 4. The molecule has 0 saturated carbocycles. The molecule has 1 aliphatic rings. The van der Waals surface area contributed by atoms with Gasteiger partial charge in [0.25, 0.3) is 11.7 Å². The van der Waals surface area contributed by atoms with Crippen LogP contribution in [-0.2, 0) is 9.59 Å². The Morgan fingerprint density at radius 1 is 0.969 bits per heavy atom. The molecule has 1 fully saturated rings. The second-order valence-electron chi connectivity index (χ2n) is 8.47. The fraction of sp³-hybridized carbons (Fsp3) is 0.222. The fourth-order valence-electron chi connectivity index (χ4n) is 3.98.